The lowest BCUT2D eigenvalue weighted by Gasteiger charge is -2.20. The zero-order valence-corrected chi connectivity index (χ0v) is 33.5. The maximum Gasteiger partial charge on any atom is 0.171 e. The SMILES string of the molecule is O=P(c1ccccc1)(c1ccccc1)c1ccc(-c2ccc(-c3ccc4cccc(-c5ccc(-c6nc(-c7ccccc7)nc(-c7ccccc7)n6)cc5)c4c3)cc2)cc1. The minimum atomic E-state index is -3.03. The molecule has 0 spiro atoms. The normalized spacial score (nSPS) is 11.4. The Morgan fingerprint density at radius 2 is 0.650 bits per heavy atom. The fraction of sp³-hybridized carbons (Fsp3) is 0. The van der Waals surface area contributed by atoms with Crippen molar-refractivity contribution in [2.75, 3.05) is 0 Å². The van der Waals surface area contributed by atoms with Crippen LogP contribution < -0.4 is 15.9 Å². The van der Waals surface area contributed by atoms with E-state index in [0.29, 0.717) is 17.5 Å². The van der Waals surface area contributed by atoms with Gasteiger partial charge in [-0.3, -0.25) is 0 Å². The van der Waals surface area contributed by atoms with Gasteiger partial charge in [0.05, 0.1) is 0 Å². The van der Waals surface area contributed by atoms with E-state index in [-0.39, 0.29) is 0 Å². The summed E-state index contributed by atoms with van der Waals surface area (Å²) in [6, 6.07) is 78.3. The lowest BCUT2D eigenvalue weighted by atomic mass is 9.94. The molecule has 4 nitrogen and oxygen atoms in total. The number of aromatic nitrogens is 3. The first kappa shape index (κ1) is 36.8. The molecule has 0 N–H and O–H groups in total. The Labute approximate surface area is 350 Å². The highest BCUT2D eigenvalue weighted by atomic mass is 31.2. The molecule has 0 saturated heterocycles. The average Bonchev–Trinajstić information content (AvgIpc) is 3.34. The van der Waals surface area contributed by atoms with Crippen LogP contribution >= 0.6 is 7.14 Å². The molecule has 0 amide bonds. The molecule has 60 heavy (non-hydrogen) atoms. The van der Waals surface area contributed by atoms with E-state index in [4.69, 9.17) is 15.0 Å². The summed E-state index contributed by atoms with van der Waals surface area (Å²) in [5.74, 6) is 1.92. The van der Waals surface area contributed by atoms with Crippen molar-refractivity contribution in [2.24, 2.45) is 0 Å². The van der Waals surface area contributed by atoms with Gasteiger partial charge in [0.2, 0.25) is 0 Å². The largest absolute Gasteiger partial charge is 0.309 e. The van der Waals surface area contributed by atoms with Crippen LogP contribution in [0.15, 0.2) is 231 Å². The molecule has 0 radical (unpaired) electrons. The van der Waals surface area contributed by atoms with Crippen LogP contribution in [0.2, 0.25) is 0 Å². The zero-order chi connectivity index (χ0) is 40.3. The van der Waals surface area contributed by atoms with Gasteiger partial charge in [-0.15, -0.1) is 0 Å². The van der Waals surface area contributed by atoms with E-state index in [1.165, 1.54) is 10.8 Å². The topological polar surface area (TPSA) is 55.7 Å². The van der Waals surface area contributed by atoms with E-state index in [1.54, 1.807) is 0 Å². The molecule has 1 heterocycles. The summed E-state index contributed by atoms with van der Waals surface area (Å²) in [7, 11) is -3.03. The maximum atomic E-state index is 14.9. The zero-order valence-electron chi connectivity index (χ0n) is 32.6. The summed E-state index contributed by atoms with van der Waals surface area (Å²) in [5.41, 5.74) is 9.55. The Bertz CT molecular complexity index is 3020. The highest BCUT2D eigenvalue weighted by molar-refractivity contribution is 7.85. The number of rotatable bonds is 9. The summed E-state index contributed by atoms with van der Waals surface area (Å²) < 4.78 is 14.9. The van der Waals surface area contributed by atoms with E-state index in [2.05, 4.69) is 97.1 Å². The van der Waals surface area contributed by atoms with E-state index < -0.39 is 7.14 Å². The first-order valence-corrected chi connectivity index (χ1v) is 21.7. The Morgan fingerprint density at radius 3 is 1.15 bits per heavy atom. The van der Waals surface area contributed by atoms with Crippen molar-refractivity contribution in [3.63, 3.8) is 0 Å². The Morgan fingerprint density at radius 1 is 0.283 bits per heavy atom. The van der Waals surface area contributed by atoms with Crippen LogP contribution in [0.3, 0.4) is 0 Å². The minimum Gasteiger partial charge on any atom is -0.309 e. The number of benzene rings is 9. The Kier molecular flexibility index (Phi) is 9.83. The molecule has 1 aromatic heterocycles. The number of nitrogens with zero attached hydrogens (tertiary/aromatic N) is 3. The van der Waals surface area contributed by atoms with Crippen LogP contribution in [0, 0.1) is 0 Å². The van der Waals surface area contributed by atoms with Crippen molar-refractivity contribution >= 4 is 33.8 Å². The molecule has 5 heteroatoms. The van der Waals surface area contributed by atoms with Gasteiger partial charge in [0.25, 0.3) is 0 Å². The summed E-state index contributed by atoms with van der Waals surface area (Å²) in [4.78, 5) is 14.7. The van der Waals surface area contributed by atoms with E-state index in [1.807, 2.05) is 133 Å². The molecular formula is C55H38N3OP. The molecular weight excluding hydrogens is 750 g/mol. The van der Waals surface area contributed by atoms with E-state index in [0.717, 1.165) is 66.0 Å². The predicted molar refractivity (Wildman–Crippen MR) is 249 cm³/mol. The number of hydrogen-bond donors (Lipinski definition) is 0. The van der Waals surface area contributed by atoms with Crippen molar-refractivity contribution in [3.8, 4) is 67.5 Å². The molecule has 0 bridgehead atoms. The second kappa shape index (κ2) is 16.0. The molecule has 284 valence electrons. The highest BCUT2D eigenvalue weighted by Crippen LogP contribution is 2.43. The summed E-state index contributed by atoms with van der Waals surface area (Å²) >= 11 is 0. The van der Waals surface area contributed by atoms with Gasteiger partial charge in [0.15, 0.2) is 24.6 Å². The third-order valence-electron chi connectivity index (χ3n) is 11.1. The van der Waals surface area contributed by atoms with Crippen molar-refractivity contribution < 1.29 is 4.57 Å². The first-order valence-electron chi connectivity index (χ1n) is 20.0. The van der Waals surface area contributed by atoms with Crippen LogP contribution in [0.25, 0.3) is 78.3 Å². The second-order valence-corrected chi connectivity index (χ2v) is 17.5. The van der Waals surface area contributed by atoms with Crippen LogP contribution in [0.5, 0.6) is 0 Å². The highest BCUT2D eigenvalue weighted by Gasteiger charge is 2.29. The van der Waals surface area contributed by atoms with E-state index >= 15 is 0 Å². The quantitative estimate of drug-likeness (QED) is 0.137. The van der Waals surface area contributed by atoms with E-state index in [9.17, 15) is 4.57 Å². The summed E-state index contributed by atoms with van der Waals surface area (Å²) in [6.45, 7) is 0. The predicted octanol–water partition coefficient (Wildman–Crippen LogP) is 12.7. The molecule has 0 aliphatic heterocycles. The summed E-state index contributed by atoms with van der Waals surface area (Å²) in [5, 5.41) is 4.85. The van der Waals surface area contributed by atoms with Crippen molar-refractivity contribution in [3.05, 3.63) is 231 Å². The molecule has 0 aliphatic rings. The number of hydrogen-bond acceptors (Lipinski definition) is 4. The molecule has 0 saturated carbocycles. The van der Waals surface area contributed by atoms with Crippen molar-refractivity contribution in [1.29, 1.82) is 0 Å². The van der Waals surface area contributed by atoms with Gasteiger partial charge in [-0.05, 0) is 50.2 Å². The standard InChI is InChI=1S/C55H38N3OP/c59-60(48-19-9-3-10-20-48,49-21-11-4-12-22-49)50-36-34-40(35-37-50)39-24-26-41(27-25-39)47-33-30-42-18-13-23-51(52(42)38-47)43-28-31-46(32-29-43)55-57-53(44-14-5-1-6-15-44)56-54(58-55)45-16-7-2-8-17-45/h1-38H. The van der Waals surface area contributed by atoms with Gasteiger partial charge in [0.1, 0.15) is 0 Å². The number of fused-ring (bicyclic) bond motifs is 1. The first-order chi connectivity index (χ1) is 29.6. The third-order valence-corrected chi connectivity index (χ3v) is 14.1. The monoisotopic (exact) mass is 787 g/mol. The average molecular weight is 788 g/mol. The van der Waals surface area contributed by atoms with Crippen molar-refractivity contribution in [2.45, 2.75) is 0 Å². The maximum absolute atomic E-state index is 14.9. The lowest BCUT2D eigenvalue weighted by molar-refractivity contribution is 0.592. The van der Waals surface area contributed by atoms with Gasteiger partial charge < -0.3 is 4.57 Å². The van der Waals surface area contributed by atoms with Gasteiger partial charge in [-0.1, -0.05) is 224 Å². The third kappa shape index (κ3) is 7.15. The molecule has 0 aliphatic carbocycles. The Balaban J connectivity index is 0.935. The second-order valence-electron chi connectivity index (χ2n) is 14.8. The Hall–Kier alpha value is -7.52. The fourth-order valence-electron chi connectivity index (χ4n) is 7.88. The van der Waals surface area contributed by atoms with Gasteiger partial charge in [0, 0.05) is 32.6 Å². The molecule has 10 aromatic rings. The van der Waals surface area contributed by atoms with Gasteiger partial charge in [-0.25, -0.2) is 15.0 Å². The van der Waals surface area contributed by atoms with Crippen LogP contribution in [-0.2, 0) is 4.57 Å². The molecule has 9 aromatic carbocycles. The van der Waals surface area contributed by atoms with Crippen LogP contribution in [-0.4, -0.2) is 15.0 Å². The lowest BCUT2D eigenvalue weighted by Crippen LogP contribution is -2.24. The molecule has 0 unspecified atom stereocenters. The molecule has 0 atom stereocenters. The molecule has 0 fully saturated rings. The summed E-state index contributed by atoms with van der Waals surface area (Å²) in [6.07, 6.45) is 0. The smallest absolute Gasteiger partial charge is 0.171 e. The van der Waals surface area contributed by atoms with Gasteiger partial charge >= 0.3 is 0 Å². The fourth-order valence-corrected chi connectivity index (χ4v) is 10.5. The minimum absolute atomic E-state index is 0.633. The van der Waals surface area contributed by atoms with Gasteiger partial charge in [-0.2, -0.15) is 0 Å². The van der Waals surface area contributed by atoms with Crippen molar-refractivity contribution in [1.82, 2.24) is 15.0 Å². The van der Waals surface area contributed by atoms with Crippen LogP contribution in [0.4, 0.5) is 0 Å². The van der Waals surface area contributed by atoms with Crippen LogP contribution in [0.1, 0.15) is 0 Å². The molecule has 10 rings (SSSR count).